The lowest BCUT2D eigenvalue weighted by Gasteiger charge is -2.06. The molecule has 0 saturated heterocycles. The highest BCUT2D eigenvalue weighted by atomic mass is 32.1. The minimum Gasteiger partial charge on any atom is -0.508 e. The summed E-state index contributed by atoms with van der Waals surface area (Å²) < 4.78 is 6.30. The van der Waals surface area contributed by atoms with Crippen molar-refractivity contribution in [3.8, 4) is 17.2 Å². The minimum atomic E-state index is -0.482. The SMILES string of the molecule is Cc1nc2cc(Oc3ccc(O)cc3)c([N+](=O)[O-])cc2s1. The molecule has 6 nitrogen and oxygen atoms in total. The zero-order valence-corrected chi connectivity index (χ0v) is 11.8. The molecular weight excluding hydrogens is 292 g/mol. The molecule has 0 fully saturated rings. The maximum Gasteiger partial charge on any atom is 0.313 e. The van der Waals surface area contributed by atoms with Crippen LogP contribution in [0.2, 0.25) is 0 Å². The Labute approximate surface area is 123 Å². The fourth-order valence-electron chi connectivity index (χ4n) is 1.92. The average Bonchev–Trinajstić information content (AvgIpc) is 2.79. The maximum atomic E-state index is 11.2. The lowest BCUT2D eigenvalue weighted by molar-refractivity contribution is -0.385. The zero-order chi connectivity index (χ0) is 15.0. The van der Waals surface area contributed by atoms with E-state index in [1.165, 1.54) is 41.7 Å². The number of hydrogen-bond acceptors (Lipinski definition) is 6. The van der Waals surface area contributed by atoms with Gasteiger partial charge in [0.25, 0.3) is 0 Å². The van der Waals surface area contributed by atoms with Gasteiger partial charge >= 0.3 is 5.69 Å². The maximum absolute atomic E-state index is 11.2. The van der Waals surface area contributed by atoms with E-state index in [2.05, 4.69) is 4.98 Å². The molecule has 2 aromatic carbocycles. The molecule has 1 heterocycles. The van der Waals surface area contributed by atoms with Gasteiger partial charge in [0, 0.05) is 12.1 Å². The predicted molar refractivity (Wildman–Crippen MR) is 79.2 cm³/mol. The normalized spacial score (nSPS) is 10.7. The summed E-state index contributed by atoms with van der Waals surface area (Å²) in [6.07, 6.45) is 0. The number of hydrogen-bond donors (Lipinski definition) is 1. The first-order chi connectivity index (χ1) is 10.0. The molecule has 3 rings (SSSR count). The van der Waals surface area contributed by atoms with E-state index in [0.717, 1.165) is 9.71 Å². The fraction of sp³-hybridized carbons (Fsp3) is 0.0714. The van der Waals surface area contributed by atoms with Gasteiger partial charge in [-0.2, -0.15) is 0 Å². The lowest BCUT2D eigenvalue weighted by atomic mass is 10.2. The van der Waals surface area contributed by atoms with Crippen LogP contribution in [0.3, 0.4) is 0 Å². The molecule has 7 heteroatoms. The standard InChI is InChI=1S/C14H10N2O4S/c1-8-15-11-6-13(12(16(18)19)7-14(11)21-8)20-10-4-2-9(17)3-5-10/h2-7,17H,1H3. The van der Waals surface area contributed by atoms with Crippen LogP contribution < -0.4 is 4.74 Å². The molecule has 1 aromatic heterocycles. The van der Waals surface area contributed by atoms with Gasteiger partial charge in [0.1, 0.15) is 11.5 Å². The first-order valence-electron chi connectivity index (χ1n) is 6.05. The third kappa shape index (κ3) is 2.63. The van der Waals surface area contributed by atoms with Gasteiger partial charge in [0.2, 0.25) is 5.75 Å². The molecule has 0 aliphatic carbocycles. The van der Waals surface area contributed by atoms with Gasteiger partial charge in [-0.15, -0.1) is 11.3 Å². The van der Waals surface area contributed by atoms with Crippen molar-refractivity contribution in [1.29, 1.82) is 0 Å². The van der Waals surface area contributed by atoms with Gasteiger partial charge in [-0.05, 0) is 31.2 Å². The Morgan fingerprint density at radius 2 is 2.00 bits per heavy atom. The Morgan fingerprint density at radius 3 is 2.67 bits per heavy atom. The van der Waals surface area contributed by atoms with Gasteiger partial charge in [-0.1, -0.05) is 0 Å². The third-order valence-corrected chi connectivity index (χ3v) is 3.77. The predicted octanol–water partition coefficient (Wildman–Crippen LogP) is 4.01. The van der Waals surface area contributed by atoms with Crippen LogP contribution in [-0.2, 0) is 0 Å². The van der Waals surface area contributed by atoms with Crippen LogP contribution in [-0.4, -0.2) is 15.0 Å². The smallest absolute Gasteiger partial charge is 0.313 e. The van der Waals surface area contributed by atoms with E-state index in [9.17, 15) is 15.2 Å². The Bertz CT molecular complexity index is 827. The second-order valence-electron chi connectivity index (χ2n) is 4.37. The molecule has 1 N–H and O–H groups in total. The van der Waals surface area contributed by atoms with E-state index in [0.29, 0.717) is 11.3 Å². The van der Waals surface area contributed by atoms with Crippen molar-refractivity contribution in [2.24, 2.45) is 0 Å². The summed E-state index contributed by atoms with van der Waals surface area (Å²) in [5, 5.41) is 21.3. The topological polar surface area (TPSA) is 85.5 Å². The number of benzene rings is 2. The molecule has 0 bridgehead atoms. The van der Waals surface area contributed by atoms with Crippen LogP contribution in [0.5, 0.6) is 17.2 Å². The van der Waals surface area contributed by atoms with Crippen LogP contribution in [0.4, 0.5) is 5.69 Å². The summed E-state index contributed by atoms with van der Waals surface area (Å²) in [7, 11) is 0. The Morgan fingerprint density at radius 1 is 1.29 bits per heavy atom. The summed E-state index contributed by atoms with van der Waals surface area (Å²) >= 11 is 1.40. The quantitative estimate of drug-likeness (QED) is 0.583. The number of ether oxygens (including phenoxy) is 1. The van der Waals surface area contributed by atoms with Crippen molar-refractivity contribution in [3.63, 3.8) is 0 Å². The van der Waals surface area contributed by atoms with Crippen molar-refractivity contribution in [2.75, 3.05) is 0 Å². The number of nitrogens with zero attached hydrogens (tertiary/aromatic N) is 2. The monoisotopic (exact) mass is 302 g/mol. The largest absolute Gasteiger partial charge is 0.508 e. The van der Waals surface area contributed by atoms with Crippen LogP contribution >= 0.6 is 11.3 Å². The number of rotatable bonds is 3. The summed E-state index contributed by atoms with van der Waals surface area (Å²) in [6, 6.07) is 9.00. The van der Waals surface area contributed by atoms with Crippen LogP contribution in [0, 0.1) is 17.0 Å². The molecule has 106 valence electrons. The first kappa shape index (κ1) is 13.3. The van der Waals surface area contributed by atoms with E-state index in [4.69, 9.17) is 4.74 Å². The highest BCUT2D eigenvalue weighted by Gasteiger charge is 2.19. The molecule has 0 saturated carbocycles. The molecule has 3 aromatic rings. The second kappa shape index (κ2) is 5.02. The molecular formula is C14H10N2O4S. The number of fused-ring (bicyclic) bond motifs is 1. The number of nitro benzene ring substituents is 1. The summed E-state index contributed by atoms with van der Waals surface area (Å²) in [5.41, 5.74) is 0.552. The molecule has 0 radical (unpaired) electrons. The molecule has 0 aliphatic rings. The zero-order valence-electron chi connectivity index (χ0n) is 10.9. The minimum absolute atomic E-state index is 0.0995. The van der Waals surface area contributed by atoms with Gasteiger partial charge in [-0.25, -0.2) is 4.98 Å². The van der Waals surface area contributed by atoms with Crippen molar-refractivity contribution >= 4 is 27.2 Å². The number of aromatic nitrogens is 1. The molecule has 0 aliphatic heterocycles. The molecule has 0 atom stereocenters. The number of nitro groups is 1. The Hall–Kier alpha value is -2.67. The van der Waals surface area contributed by atoms with E-state index in [1.54, 1.807) is 6.07 Å². The number of thiazole rings is 1. The van der Waals surface area contributed by atoms with Crippen LogP contribution in [0.25, 0.3) is 10.2 Å². The fourth-order valence-corrected chi connectivity index (χ4v) is 2.77. The number of phenols is 1. The van der Waals surface area contributed by atoms with Crippen molar-refractivity contribution in [1.82, 2.24) is 4.98 Å². The van der Waals surface area contributed by atoms with Crippen LogP contribution in [0.15, 0.2) is 36.4 Å². The van der Waals surface area contributed by atoms with Crippen LogP contribution in [0.1, 0.15) is 5.01 Å². The Balaban J connectivity index is 2.08. The molecule has 0 amide bonds. The van der Waals surface area contributed by atoms with Crippen molar-refractivity contribution in [2.45, 2.75) is 6.92 Å². The summed E-state index contributed by atoms with van der Waals surface area (Å²) in [6.45, 7) is 1.84. The van der Waals surface area contributed by atoms with Gasteiger partial charge in [-0.3, -0.25) is 10.1 Å². The average molecular weight is 302 g/mol. The first-order valence-corrected chi connectivity index (χ1v) is 6.87. The molecule has 0 unspecified atom stereocenters. The van der Waals surface area contributed by atoms with E-state index >= 15 is 0 Å². The van der Waals surface area contributed by atoms with E-state index < -0.39 is 4.92 Å². The van der Waals surface area contributed by atoms with Gasteiger partial charge in [0.15, 0.2) is 0 Å². The van der Waals surface area contributed by atoms with E-state index in [-0.39, 0.29) is 17.2 Å². The third-order valence-electron chi connectivity index (χ3n) is 2.84. The summed E-state index contributed by atoms with van der Waals surface area (Å²) in [4.78, 5) is 15.0. The summed E-state index contributed by atoms with van der Waals surface area (Å²) in [5.74, 6) is 0.633. The van der Waals surface area contributed by atoms with Gasteiger partial charge in [0.05, 0.1) is 20.1 Å². The lowest BCUT2D eigenvalue weighted by Crippen LogP contribution is -1.93. The van der Waals surface area contributed by atoms with Crippen molar-refractivity contribution in [3.05, 3.63) is 51.5 Å². The number of aromatic hydroxyl groups is 1. The van der Waals surface area contributed by atoms with Crippen molar-refractivity contribution < 1.29 is 14.8 Å². The second-order valence-corrected chi connectivity index (χ2v) is 5.61. The molecule has 21 heavy (non-hydrogen) atoms. The highest BCUT2D eigenvalue weighted by molar-refractivity contribution is 7.18. The highest BCUT2D eigenvalue weighted by Crippen LogP contribution is 2.37. The van der Waals surface area contributed by atoms with Gasteiger partial charge < -0.3 is 9.84 Å². The number of aryl methyl sites for hydroxylation is 1. The number of phenolic OH excluding ortho intramolecular Hbond substituents is 1. The Kier molecular flexibility index (Phi) is 3.19. The molecule has 0 spiro atoms. The van der Waals surface area contributed by atoms with E-state index in [1.807, 2.05) is 6.92 Å².